The molecule has 4 rings (SSSR count). The van der Waals surface area contributed by atoms with Crippen LogP contribution in [-0.2, 0) is 11.0 Å². The van der Waals surface area contributed by atoms with Crippen LogP contribution in [0.4, 0.5) is 16.5 Å². The lowest BCUT2D eigenvalue weighted by atomic mass is 10.1. The van der Waals surface area contributed by atoms with Gasteiger partial charge in [0.05, 0.1) is 22.4 Å². The number of ether oxygens (including phenoxy) is 1. The zero-order valence-corrected chi connectivity index (χ0v) is 19.3. The first-order valence-electron chi connectivity index (χ1n) is 10.2. The van der Waals surface area contributed by atoms with Gasteiger partial charge in [0.15, 0.2) is 5.13 Å². The molecule has 2 heterocycles. The maximum absolute atomic E-state index is 11.7. The lowest BCUT2D eigenvalue weighted by molar-refractivity contribution is 0.243. The molecule has 0 bridgehead atoms. The van der Waals surface area contributed by atoms with Gasteiger partial charge in [-0.25, -0.2) is 14.3 Å². The Morgan fingerprint density at radius 3 is 2.61 bits per heavy atom. The number of benzene rings is 2. The van der Waals surface area contributed by atoms with Crippen molar-refractivity contribution in [2.24, 2.45) is 5.14 Å². The van der Waals surface area contributed by atoms with Crippen LogP contribution >= 0.6 is 11.3 Å². The monoisotopic (exact) mass is 457 g/mol. The predicted octanol–water partition coefficient (Wildman–Crippen LogP) is 3.73. The Balaban J connectivity index is 1.52. The van der Waals surface area contributed by atoms with E-state index in [0.29, 0.717) is 16.3 Å². The van der Waals surface area contributed by atoms with Gasteiger partial charge in [-0.2, -0.15) is 0 Å². The number of hydrogen-bond donors (Lipinski definition) is 3. The number of hydrogen-bond acceptors (Lipinski definition) is 7. The number of thiazole rings is 1. The summed E-state index contributed by atoms with van der Waals surface area (Å²) in [6.45, 7) is 8.01. The van der Waals surface area contributed by atoms with E-state index < -0.39 is 11.0 Å². The first-order chi connectivity index (χ1) is 15.0. The van der Waals surface area contributed by atoms with Crippen LogP contribution in [0.3, 0.4) is 0 Å². The van der Waals surface area contributed by atoms with Crippen LogP contribution in [0.15, 0.2) is 52.7 Å². The average Bonchev–Trinajstić information content (AvgIpc) is 3.24. The highest BCUT2D eigenvalue weighted by molar-refractivity contribution is 7.82. The van der Waals surface area contributed by atoms with E-state index in [0.717, 1.165) is 42.6 Å². The van der Waals surface area contributed by atoms with E-state index in [1.54, 1.807) is 18.2 Å². The molecule has 9 heteroatoms. The fraction of sp³-hybridized carbons (Fsp3) is 0.318. The highest BCUT2D eigenvalue weighted by Gasteiger charge is 2.13. The highest BCUT2D eigenvalue weighted by atomic mass is 32.2. The first-order valence-corrected chi connectivity index (χ1v) is 12.3. The van der Waals surface area contributed by atoms with Crippen molar-refractivity contribution in [2.45, 2.75) is 24.8 Å². The summed E-state index contributed by atoms with van der Waals surface area (Å²) in [5.74, 6) is 0.668. The van der Waals surface area contributed by atoms with Gasteiger partial charge in [-0.15, -0.1) is 11.3 Å². The fourth-order valence-corrected chi connectivity index (χ4v) is 4.60. The van der Waals surface area contributed by atoms with Crippen molar-refractivity contribution in [1.29, 1.82) is 0 Å². The number of nitrogens with one attached hydrogen (secondary N) is 2. The van der Waals surface area contributed by atoms with E-state index in [1.807, 2.05) is 19.2 Å². The smallest absolute Gasteiger partial charge is 0.187 e. The van der Waals surface area contributed by atoms with Crippen LogP contribution < -0.4 is 25.4 Å². The maximum atomic E-state index is 11.7. The molecular formula is C22H27N5O2S2. The van der Waals surface area contributed by atoms with E-state index in [-0.39, 0.29) is 6.10 Å². The number of nitrogens with two attached hydrogens (primary N) is 1. The molecule has 7 nitrogen and oxygen atoms in total. The molecule has 2 aromatic carbocycles. The Morgan fingerprint density at radius 1 is 1.19 bits per heavy atom. The van der Waals surface area contributed by atoms with E-state index in [9.17, 15) is 4.21 Å². The maximum Gasteiger partial charge on any atom is 0.187 e. The number of piperazine rings is 1. The van der Waals surface area contributed by atoms with Gasteiger partial charge in [0.25, 0.3) is 0 Å². The first kappa shape index (κ1) is 21.8. The van der Waals surface area contributed by atoms with Gasteiger partial charge in [-0.1, -0.05) is 12.1 Å². The molecule has 3 aromatic rings. The molecule has 0 aliphatic carbocycles. The summed E-state index contributed by atoms with van der Waals surface area (Å²) in [5, 5.41) is 15.0. The molecule has 0 amide bonds. The van der Waals surface area contributed by atoms with Crippen molar-refractivity contribution < 1.29 is 8.95 Å². The predicted molar refractivity (Wildman–Crippen MR) is 129 cm³/mol. The molecule has 1 aliphatic rings. The van der Waals surface area contributed by atoms with Crippen LogP contribution in [0.1, 0.15) is 13.8 Å². The van der Waals surface area contributed by atoms with Crippen molar-refractivity contribution in [1.82, 2.24) is 10.3 Å². The summed E-state index contributed by atoms with van der Waals surface area (Å²) in [5.41, 5.74) is 3.91. The standard InChI is InChI=1S/C22H27N5O2S2/c1-15(2)29-21-8-7-18(31(23)28)13-19(21)25-22-26-20(14-30-22)16-3-5-17(6-4-16)27-11-9-24-10-12-27/h3-8,13-15,24H,9-12,23H2,1-2H3,(H,25,26). The SMILES string of the molecule is CC(C)Oc1ccc(S(N)=O)cc1Nc1nc(-c2ccc(N3CCNCC3)cc2)cs1. The van der Waals surface area contributed by atoms with Gasteiger partial charge < -0.3 is 20.3 Å². The van der Waals surface area contributed by atoms with Crippen LogP contribution in [-0.4, -0.2) is 41.5 Å². The van der Waals surface area contributed by atoms with Crippen molar-refractivity contribution in [3.8, 4) is 17.0 Å². The van der Waals surface area contributed by atoms with E-state index in [4.69, 9.17) is 14.9 Å². The fourth-order valence-electron chi connectivity index (χ4n) is 3.43. The molecule has 1 aromatic heterocycles. The molecular weight excluding hydrogens is 430 g/mol. The Labute approximate surface area is 189 Å². The lowest BCUT2D eigenvalue weighted by Gasteiger charge is -2.29. The van der Waals surface area contributed by atoms with Crippen LogP contribution in [0.2, 0.25) is 0 Å². The van der Waals surface area contributed by atoms with Gasteiger partial charge in [0.1, 0.15) is 16.7 Å². The molecule has 0 spiro atoms. The normalized spacial score (nSPS) is 15.2. The average molecular weight is 458 g/mol. The Kier molecular flexibility index (Phi) is 6.86. The van der Waals surface area contributed by atoms with Gasteiger partial charge in [-0.05, 0) is 44.2 Å². The summed E-state index contributed by atoms with van der Waals surface area (Å²) in [7, 11) is -1.57. The quantitative estimate of drug-likeness (QED) is 0.501. The van der Waals surface area contributed by atoms with Crippen LogP contribution in [0, 0.1) is 0 Å². The summed E-state index contributed by atoms with van der Waals surface area (Å²) in [6.07, 6.45) is 0.0100. The molecule has 1 unspecified atom stereocenters. The van der Waals surface area contributed by atoms with E-state index >= 15 is 0 Å². The topological polar surface area (TPSA) is 92.5 Å². The second-order valence-electron chi connectivity index (χ2n) is 7.57. The lowest BCUT2D eigenvalue weighted by Crippen LogP contribution is -2.43. The van der Waals surface area contributed by atoms with Crippen molar-refractivity contribution in [2.75, 3.05) is 36.4 Å². The molecule has 1 atom stereocenters. The number of anilines is 3. The van der Waals surface area contributed by atoms with Crippen LogP contribution in [0.5, 0.6) is 5.75 Å². The van der Waals surface area contributed by atoms with Gasteiger partial charge in [0.2, 0.25) is 0 Å². The summed E-state index contributed by atoms with van der Waals surface area (Å²) in [4.78, 5) is 7.65. The van der Waals surface area contributed by atoms with Gasteiger partial charge in [-0.3, -0.25) is 0 Å². The second-order valence-corrected chi connectivity index (χ2v) is 9.49. The Morgan fingerprint density at radius 2 is 1.94 bits per heavy atom. The minimum absolute atomic E-state index is 0.0100. The van der Waals surface area contributed by atoms with Gasteiger partial charge >= 0.3 is 0 Å². The minimum Gasteiger partial charge on any atom is -0.489 e. The number of aromatic nitrogens is 1. The third-order valence-corrected chi connectivity index (χ3v) is 6.41. The molecule has 1 fully saturated rings. The van der Waals surface area contributed by atoms with Crippen LogP contribution in [0.25, 0.3) is 11.3 Å². The van der Waals surface area contributed by atoms with Crippen molar-refractivity contribution in [3.63, 3.8) is 0 Å². The number of rotatable bonds is 7. The molecule has 1 aliphatic heterocycles. The summed E-state index contributed by atoms with van der Waals surface area (Å²) >= 11 is 1.51. The Bertz CT molecular complexity index is 1050. The molecule has 31 heavy (non-hydrogen) atoms. The minimum atomic E-state index is -1.57. The third kappa shape index (κ3) is 5.43. The number of nitrogens with zero attached hydrogens (tertiary/aromatic N) is 2. The van der Waals surface area contributed by atoms with E-state index in [1.165, 1.54) is 17.0 Å². The third-order valence-electron chi connectivity index (χ3n) is 4.94. The largest absolute Gasteiger partial charge is 0.489 e. The van der Waals surface area contributed by atoms with Crippen molar-refractivity contribution >= 4 is 38.8 Å². The summed E-state index contributed by atoms with van der Waals surface area (Å²) in [6, 6.07) is 13.8. The van der Waals surface area contributed by atoms with E-state index in [2.05, 4.69) is 39.8 Å². The van der Waals surface area contributed by atoms with Gasteiger partial charge in [0, 0.05) is 42.8 Å². The molecule has 0 saturated carbocycles. The molecule has 1 saturated heterocycles. The molecule has 0 radical (unpaired) electrons. The second kappa shape index (κ2) is 9.78. The molecule has 4 N–H and O–H groups in total. The summed E-state index contributed by atoms with van der Waals surface area (Å²) < 4.78 is 17.6. The highest BCUT2D eigenvalue weighted by Crippen LogP contribution is 2.33. The zero-order valence-electron chi connectivity index (χ0n) is 17.6. The van der Waals surface area contributed by atoms with Crippen molar-refractivity contribution in [3.05, 3.63) is 47.8 Å². The molecule has 164 valence electrons. The zero-order chi connectivity index (χ0) is 21.8. The Hall–Kier alpha value is -2.46.